The second-order valence-corrected chi connectivity index (χ2v) is 7.60. The van der Waals surface area contributed by atoms with Gasteiger partial charge in [-0.3, -0.25) is 0 Å². The van der Waals surface area contributed by atoms with Crippen molar-refractivity contribution in [3.63, 3.8) is 0 Å². The Hall–Kier alpha value is -3.57. The number of aromatic nitrogens is 2. The van der Waals surface area contributed by atoms with Crippen molar-refractivity contribution in [2.45, 2.75) is 0 Å². The lowest BCUT2D eigenvalue weighted by molar-refractivity contribution is 0.0602. The number of fused-ring (bicyclic) bond motifs is 2. The van der Waals surface area contributed by atoms with Crippen LogP contribution in [-0.4, -0.2) is 23.0 Å². The number of ether oxygens (including phenoxy) is 1. The van der Waals surface area contributed by atoms with Crippen molar-refractivity contribution in [2.24, 2.45) is 0 Å². The molecule has 0 atom stereocenters. The summed E-state index contributed by atoms with van der Waals surface area (Å²) in [5.74, 6) is -0.420. The highest BCUT2D eigenvalue weighted by Gasteiger charge is 2.25. The zero-order valence-electron chi connectivity index (χ0n) is 15.6. The third kappa shape index (κ3) is 2.96. The van der Waals surface area contributed by atoms with Gasteiger partial charge in [-0.2, -0.15) is 0 Å². The van der Waals surface area contributed by atoms with E-state index in [4.69, 9.17) is 14.7 Å². The van der Waals surface area contributed by atoms with Gasteiger partial charge in [0.15, 0.2) is 0 Å². The molecular formula is C24H16N2O2S. The van der Waals surface area contributed by atoms with Crippen molar-refractivity contribution < 1.29 is 9.53 Å². The minimum absolute atomic E-state index is 0.420. The van der Waals surface area contributed by atoms with Crippen LogP contribution in [0.3, 0.4) is 0 Å². The zero-order chi connectivity index (χ0) is 19.8. The SMILES string of the molecule is COC(=O)c1c(-c2nc3ccccc3s2)nc2ccccc2c1-c1ccccc1. The molecule has 4 nitrogen and oxygen atoms in total. The minimum Gasteiger partial charge on any atom is -0.465 e. The molecule has 29 heavy (non-hydrogen) atoms. The first kappa shape index (κ1) is 17.5. The molecule has 0 unspecified atom stereocenters. The number of carbonyl (C=O) groups is 1. The highest BCUT2D eigenvalue weighted by atomic mass is 32.1. The highest BCUT2D eigenvalue weighted by molar-refractivity contribution is 7.21. The predicted molar refractivity (Wildman–Crippen MR) is 117 cm³/mol. The van der Waals surface area contributed by atoms with E-state index >= 15 is 0 Å². The smallest absolute Gasteiger partial charge is 0.340 e. The number of nitrogens with zero attached hydrogens (tertiary/aromatic N) is 2. The van der Waals surface area contributed by atoms with Crippen molar-refractivity contribution in [3.8, 4) is 21.8 Å². The van der Waals surface area contributed by atoms with Crippen molar-refractivity contribution in [2.75, 3.05) is 7.11 Å². The Balaban J connectivity index is 1.92. The van der Waals surface area contributed by atoms with Crippen LogP contribution >= 0.6 is 11.3 Å². The van der Waals surface area contributed by atoms with Crippen LogP contribution < -0.4 is 0 Å². The quantitative estimate of drug-likeness (QED) is 0.353. The van der Waals surface area contributed by atoms with Gasteiger partial charge in [-0.05, 0) is 23.8 Å². The summed E-state index contributed by atoms with van der Waals surface area (Å²) in [5.41, 5.74) is 4.45. The van der Waals surface area contributed by atoms with Crippen LogP contribution in [0.25, 0.3) is 42.9 Å². The molecule has 5 heteroatoms. The molecule has 2 aromatic heterocycles. The average molecular weight is 396 g/mol. The number of rotatable bonds is 3. The number of carbonyl (C=O) groups excluding carboxylic acids is 1. The molecule has 0 aliphatic rings. The molecule has 0 bridgehead atoms. The zero-order valence-corrected chi connectivity index (χ0v) is 16.4. The standard InChI is InChI=1S/C24H16N2O2S/c1-28-24(27)21-20(15-9-3-2-4-10-15)16-11-5-6-12-17(16)25-22(21)23-26-18-13-7-8-14-19(18)29-23/h2-14H,1H3. The fraction of sp³-hybridized carbons (Fsp3) is 0.0417. The van der Waals surface area contributed by atoms with Crippen LogP contribution in [0, 0.1) is 0 Å². The van der Waals surface area contributed by atoms with Crippen molar-refractivity contribution in [3.05, 3.63) is 84.4 Å². The van der Waals surface area contributed by atoms with Gasteiger partial charge in [-0.1, -0.05) is 60.7 Å². The van der Waals surface area contributed by atoms with E-state index in [9.17, 15) is 4.79 Å². The molecule has 0 amide bonds. The van der Waals surface area contributed by atoms with E-state index in [1.165, 1.54) is 18.4 Å². The molecule has 0 saturated heterocycles. The monoisotopic (exact) mass is 396 g/mol. The van der Waals surface area contributed by atoms with Crippen molar-refractivity contribution in [1.29, 1.82) is 0 Å². The van der Waals surface area contributed by atoms with Gasteiger partial charge in [0.05, 0.1) is 28.4 Å². The summed E-state index contributed by atoms with van der Waals surface area (Å²) >= 11 is 1.52. The number of para-hydroxylation sites is 2. The molecule has 140 valence electrons. The molecule has 2 heterocycles. The second-order valence-electron chi connectivity index (χ2n) is 6.57. The minimum atomic E-state index is -0.420. The Bertz CT molecular complexity index is 1330. The largest absolute Gasteiger partial charge is 0.465 e. The maximum atomic E-state index is 13.0. The molecule has 5 aromatic rings. The number of methoxy groups -OCH3 is 1. The lowest BCUT2D eigenvalue weighted by Gasteiger charge is -2.15. The van der Waals surface area contributed by atoms with E-state index in [2.05, 4.69) is 0 Å². The van der Waals surface area contributed by atoms with Gasteiger partial charge in [0.25, 0.3) is 0 Å². The first-order valence-electron chi connectivity index (χ1n) is 9.18. The lowest BCUT2D eigenvalue weighted by Crippen LogP contribution is -2.08. The van der Waals surface area contributed by atoms with Gasteiger partial charge in [0.1, 0.15) is 10.7 Å². The molecule has 0 fully saturated rings. The van der Waals surface area contributed by atoms with Crippen LogP contribution in [0.4, 0.5) is 0 Å². The highest BCUT2D eigenvalue weighted by Crippen LogP contribution is 2.39. The van der Waals surface area contributed by atoms with Gasteiger partial charge < -0.3 is 4.74 Å². The number of hydrogen-bond donors (Lipinski definition) is 0. The van der Waals surface area contributed by atoms with Gasteiger partial charge >= 0.3 is 5.97 Å². The number of pyridine rings is 1. The molecular weight excluding hydrogens is 380 g/mol. The summed E-state index contributed by atoms with van der Waals surface area (Å²) in [6.07, 6.45) is 0. The Morgan fingerprint density at radius 3 is 2.28 bits per heavy atom. The van der Waals surface area contributed by atoms with Gasteiger partial charge in [-0.15, -0.1) is 11.3 Å². The summed E-state index contributed by atoms with van der Waals surface area (Å²) in [5, 5.41) is 1.61. The first-order chi connectivity index (χ1) is 14.3. The van der Waals surface area contributed by atoms with Gasteiger partial charge in [0, 0.05) is 10.9 Å². The molecule has 0 aliphatic carbocycles. The number of hydrogen-bond acceptors (Lipinski definition) is 5. The van der Waals surface area contributed by atoms with E-state index in [1.807, 2.05) is 78.9 Å². The third-order valence-corrected chi connectivity index (χ3v) is 5.88. The third-order valence-electron chi connectivity index (χ3n) is 4.84. The van der Waals surface area contributed by atoms with Gasteiger partial charge in [-0.25, -0.2) is 14.8 Å². The van der Waals surface area contributed by atoms with Gasteiger partial charge in [0.2, 0.25) is 0 Å². The Morgan fingerprint density at radius 2 is 1.52 bits per heavy atom. The summed E-state index contributed by atoms with van der Waals surface area (Å²) in [6, 6.07) is 25.6. The van der Waals surface area contributed by atoms with E-state index in [0.29, 0.717) is 16.3 Å². The Kier molecular flexibility index (Phi) is 4.30. The number of thiazole rings is 1. The van der Waals surface area contributed by atoms with Crippen LogP contribution in [0.15, 0.2) is 78.9 Å². The van der Waals surface area contributed by atoms with E-state index in [-0.39, 0.29) is 0 Å². The van der Waals surface area contributed by atoms with E-state index in [0.717, 1.165) is 32.2 Å². The summed E-state index contributed by atoms with van der Waals surface area (Å²) in [4.78, 5) is 22.6. The summed E-state index contributed by atoms with van der Waals surface area (Å²) in [7, 11) is 1.40. The molecule has 5 rings (SSSR count). The number of esters is 1. The normalized spacial score (nSPS) is 11.1. The molecule has 3 aromatic carbocycles. The molecule has 0 radical (unpaired) electrons. The van der Waals surface area contributed by atoms with Crippen molar-refractivity contribution >= 4 is 38.4 Å². The van der Waals surface area contributed by atoms with Crippen LogP contribution in [-0.2, 0) is 4.74 Å². The Morgan fingerprint density at radius 1 is 0.828 bits per heavy atom. The first-order valence-corrected chi connectivity index (χ1v) is 10.0. The van der Waals surface area contributed by atoms with Crippen molar-refractivity contribution in [1.82, 2.24) is 9.97 Å². The number of benzene rings is 3. The lowest BCUT2D eigenvalue weighted by atomic mass is 9.94. The maximum Gasteiger partial charge on any atom is 0.340 e. The topological polar surface area (TPSA) is 52.1 Å². The Labute approximate surface area is 171 Å². The average Bonchev–Trinajstić information content (AvgIpc) is 3.22. The maximum absolute atomic E-state index is 13.0. The van der Waals surface area contributed by atoms with E-state index in [1.54, 1.807) is 0 Å². The second kappa shape index (κ2) is 7.11. The summed E-state index contributed by atoms with van der Waals surface area (Å²) < 4.78 is 6.23. The van der Waals surface area contributed by atoms with Crippen LogP contribution in [0.1, 0.15) is 10.4 Å². The van der Waals surface area contributed by atoms with Crippen LogP contribution in [0.2, 0.25) is 0 Å². The van der Waals surface area contributed by atoms with E-state index < -0.39 is 5.97 Å². The molecule has 0 saturated carbocycles. The molecule has 0 spiro atoms. The predicted octanol–water partition coefficient (Wildman–Crippen LogP) is 5.97. The molecule has 0 N–H and O–H groups in total. The van der Waals surface area contributed by atoms with Crippen LogP contribution in [0.5, 0.6) is 0 Å². The molecule has 0 aliphatic heterocycles. The fourth-order valence-corrected chi connectivity index (χ4v) is 4.51. The summed E-state index contributed by atoms with van der Waals surface area (Å²) in [6.45, 7) is 0. The fourth-order valence-electron chi connectivity index (χ4n) is 3.55.